The molecule has 5 heteroatoms. The van der Waals surface area contributed by atoms with Crippen molar-refractivity contribution < 1.29 is 9.50 Å². The summed E-state index contributed by atoms with van der Waals surface area (Å²) in [6.45, 7) is 3.80. The molecule has 1 saturated heterocycles. The van der Waals surface area contributed by atoms with Crippen LogP contribution in [0.1, 0.15) is 11.6 Å². The molecular formula is C12H18ClFN2O. The van der Waals surface area contributed by atoms with Crippen molar-refractivity contribution >= 4 is 12.4 Å². The minimum Gasteiger partial charge on any atom is -0.394 e. The van der Waals surface area contributed by atoms with Gasteiger partial charge in [-0.05, 0) is 17.7 Å². The Morgan fingerprint density at radius 2 is 1.82 bits per heavy atom. The van der Waals surface area contributed by atoms with Gasteiger partial charge < -0.3 is 10.4 Å². The summed E-state index contributed by atoms with van der Waals surface area (Å²) in [5, 5.41) is 12.7. The van der Waals surface area contributed by atoms with E-state index in [4.69, 9.17) is 0 Å². The molecule has 1 atom stereocenters. The van der Waals surface area contributed by atoms with Crippen molar-refractivity contribution in [2.24, 2.45) is 0 Å². The zero-order valence-corrected chi connectivity index (χ0v) is 10.4. The van der Waals surface area contributed by atoms with E-state index in [9.17, 15) is 9.50 Å². The van der Waals surface area contributed by atoms with E-state index in [0.29, 0.717) is 0 Å². The van der Waals surface area contributed by atoms with Gasteiger partial charge in [0, 0.05) is 26.2 Å². The molecule has 1 aromatic carbocycles. The Balaban J connectivity index is 0.00000144. The summed E-state index contributed by atoms with van der Waals surface area (Å²) in [7, 11) is 0. The van der Waals surface area contributed by atoms with Crippen LogP contribution in [0.3, 0.4) is 0 Å². The zero-order chi connectivity index (χ0) is 11.4. The van der Waals surface area contributed by atoms with E-state index in [-0.39, 0.29) is 30.9 Å². The predicted octanol–water partition coefficient (Wildman–Crippen LogP) is 1.19. The average Bonchev–Trinajstić information content (AvgIpc) is 2.34. The van der Waals surface area contributed by atoms with E-state index in [0.717, 1.165) is 31.7 Å². The van der Waals surface area contributed by atoms with Gasteiger partial charge in [0.1, 0.15) is 5.82 Å². The topological polar surface area (TPSA) is 35.5 Å². The maximum Gasteiger partial charge on any atom is 0.123 e. The van der Waals surface area contributed by atoms with Crippen LogP contribution >= 0.6 is 12.4 Å². The Morgan fingerprint density at radius 3 is 2.35 bits per heavy atom. The fourth-order valence-electron chi connectivity index (χ4n) is 2.11. The van der Waals surface area contributed by atoms with Gasteiger partial charge in [0.25, 0.3) is 0 Å². The summed E-state index contributed by atoms with van der Waals surface area (Å²) in [5.41, 5.74) is 0.978. The first-order valence-electron chi connectivity index (χ1n) is 5.62. The van der Waals surface area contributed by atoms with Gasteiger partial charge in [-0.15, -0.1) is 12.4 Å². The number of nitrogens with one attached hydrogen (secondary N) is 1. The van der Waals surface area contributed by atoms with Gasteiger partial charge in [0.15, 0.2) is 0 Å². The molecule has 2 N–H and O–H groups in total. The molecule has 1 aromatic rings. The van der Waals surface area contributed by atoms with Crippen LogP contribution in [0.15, 0.2) is 24.3 Å². The van der Waals surface area contributed by atoms with Crippen molar-refractivity contribution in [3.05, 3.63) is 35.6 Å². The fraction of sp³-hybridized carbons (Fsp3) is 0.500. The number of halogens is 2. The van der Waals surface area contributed by atoms with Crippen molar-refractivity contribution in [1.82, 2.24) is 10.2 Å². The van der Waals surface area contributed by atoms with Crippen LogP contribution in [0.4, 0.5) is 4.39 Å². The van der Waals surface area contributed by atoms with Crippen LogP contribution in [-0.2, 0) is 0 Å². The third-order valence-electron chi connectivity index (χ3n) is 3.02. The minimum atomic E-state index is -0.235. The first-order valence-corrected chi connectivity index (χ1v) is 5.62. The molecule has 1 aliphatic heterocycles. The summed E-state index contributed by atoms with van der Waals surface area (Å²) in [6, 6.07) is 6.37. The molecule has 0 aromatic heterocycles. The van der Waals surface area contributed by atoms with Crippen molar-refractivity contribution in [1.29, 1.82) is 0 Å². The van der Waals surface area contributed by atoms with Crippen LogP contribution < -0.4 is 5.32 Å². The Hall–Kier alpha value is -0.680. The second-order valence-corrected chi connectivity index (χ2v) is 4.04. The molecule has 0 unspecified atom stereocenters. The van der Waals surface area contributed by atoms with E-state index >= 15 is 0 Å². The second kappa shape index (κ2) is 6.91. The zero-order valence-electron chi connectivity index (χ0n) is 9.60. The first-order chi connectivity index (χ1) is 7.81. The van der Waals surface area contributed by atoms with E-state index in [1.165, 1.54) is 12.1 Å². The Kier molecular flexibility index (Phi) is 5.85. The molecule has 0 radical (unpaired) electrons. The largest absolute Gasteiger partial charge is 0.394 e. The van der Waals surface area contributed by atoms with E-state index in [1.54, 1.807) is 12.1 Å². The smallest absolute Gasteiger partial charge is 0.123 e. The lowest BCUT2D eigenvalue weighted by Crippen LogP contribution is -2.46. The normalized spacial score (nSPS) is 18.5. The van der Waals surface area contributed by atoms with Crippen LogP contribution in [-0.4, -0.2) is 42.8 Å². The number of piperazine rings is 1. The molecule has 2 rings (SSSR count). The van der Waals surface area contributed by atoms with E-state index in [2.05, 4.69) is 10.2 Å². The molecule has 1 aliphatic rings. The number of rotatable bonds is 3. The molecule has 0 aliphatic carbocycles. The number of aliphatic hydroxyl groups excluding tert-OH is 1. The molecule has 0 bridgehead atoms. The van der Waals surface area contributed by atoms with Crippen LogP contribution in [0.2, 0.25) is 0 Å². The number of nitrogens with zero attached hydrogens (tertiary/aromatic N) is 1. The number of hydrogen-bond donors (Lipinski definition) is 2. The van der Waals surface area contributed by atoms with Crippen molar-refractivity contribution in [2.75, 3.05) is 32.8 Å². The second-order valence-electron chi connectivity index (χ2n) is 4.04. The van der Waals surface area contributed by atoms with Gasteiger partial charge >= 0.3 is 0 Å². The monoisotopic (exact) mass is 260 g/mol. The van der Waals surface area contributed by atoms with Crippen LogP contribution in [0, 0.1) is 5.82 Å². The number of aliphatic hydroxyl groups is 1. The van der Waals surface area contributed by atoms with Crippen LogP contribution in [0.5, 0.6) is 0 Å². The lowest BCUT2D eigenvalue weighted by molar-refractivity contribution is 0.111. The van der Waals surface area contributed by atoms with Crippen LogP contribution in [0.25, 0.3) is 0 Å². The molecular weight excluding hydrogens is 243 g/mol. The predicted molar refractivity (Wildman–Crippen MR) is 67.9 cm³/mol. The summed E-state index contributed by atoms with van der Waals surface area (Å²) in [5.74, 6) is -0.235. The third kappa shape index (κ3) is 3.64. The molecule has 0 amide bonds. The highest BCUT2D eigenvalue weighted by molar-refractivity contribution is 5.85. The lowest BCUT2D eigenvalue weighted by atomic mass is 10.1. The molecule has 0 saturated carbocycles. The highest BCUT2D eigenvalue weighted by Gasteiger charge is 2.21. The lowest BCUT2D eigenvalue weighted by Gasteiger charge is -2.34. The molecule has 3 nitrogen and oxygen atoms in total. The number of benzene rings is 1. The number of hydrogen-bond acceptors (Lipinski definition) is 3. The standard InChI is InChI=1S/C12H17FN2O.ClH/c13-11-3-1-10(2-4-11)12(9-16)15-7-5-14-6-8-15;/h1-4,12,14,16H,5-9H2;1H/t12-;/m1./s1. The minimum absolute atomic E-state index is 0. The SMILES string of the molecule is Cl.OC[C@H](c1ccc(F)cc1)N1CCNCC1. The van der Waals surface area contributed by atoms with E-state index < -0.39 is 0 Å². The first kappa shape index (κ1) is 14.4. The Labute approximate surface area is 107 Å². The molecule has 1 fully saturated rings. The molecule has 1 heterocycles. The molecule has 17 heavy (non-hydrogen) atoms. The maximum atomic E-state index is 12.8. The average molecular weight is 261 g/mol. The van der Waals surface area contributed by atoms with E-state index in [1.807, 2.05) is 0 Å². The summed E-state index contributed by atoms with van der Waals surface area (Å²) in [4.78, 5) is 2.23. The maximum absolute atomic E-state index is 12.8. The van der Waals surface area contributed by atoms with Gasteiger partial charge in [-0.1, -0.05) is 12.1 Å². The molecule has 96 valence electrons. The summed E-state index contributed by atoms with van der Waals surface area (Å²) >= 11 is 0. The van der Waals surface area contributed by atoms with Gasteiger partial charge in [-0.2, -0.15) is 0 Å². The Bertz CT molecular complexity index is 328. The van der Waals surface area contributed by atoms with Gasteiger partial charge in [-0.25, -0.2) is 4.39 Å². The van der Waals surface area contributed by atoms with Crippen molar-refractivity contribution in [2.45, 2.75) is 6.04 Å². The van der Waals surface area contributed by atoms with Gasteiger partial charge in [0.05, 0.1) is 12.6 Å². The highest BCUT2D eigenvalue weighted by atomic mass is 35.5. The highest BCUT2D eigenvalue weighted by Crippen LogP contribution is 2.20. The van der Waals surface area contributed by atoms with Crippen molar-refractivity contribution in [3.8, 4) is 0 Å². The Morgan fingerprint density at radius 1 is 1.24 bits per heavy atom. The van der Waals surface area contributed by atoms with Gasteiger partial charge in [-0.3, -0.25) is 4.90 Å². The van der Waals surface area contributed by atoms with Crippen molar-refractivity contribution in [3.63, 3.8) is 0 Å². The quantitative estimate of drug-likeness (QED) is 0.857. The summed E-state index contributed by atoms with van der Waals surface area (Å²) < 4.78 is 12.8. The summed E-state index contributed by atoms with van der Waals surface area (Å²) in [6.07, 6.45) is 0. The fourth-order valence-corrected chi connectivity index (χ4v) is 2.11. The van der Waals surface area contributed by atoms with Gasteiger partial charge in [0.2, 0.25) is 0 Å². The third-order valence-corrected chi connectivity index (χ3v) is 3.02. The molecule has 0 spiro atoms.